The van der Waals surface area contributed by atoms with Gasteiger partial charge in [-0.3, -0.25) is 14.9 Å². The number of amides is 1. The van der Waals surface area contributed by atoms with Crippen LogP contribution in [0.25, 0.3) is 0 Å². The zero-order valence-electron chi connectivity index (χ0n) is 18.1. The molecule has 0 bridgehead atoms. The predicted octanol–water partition coefficient (Wildman–Crippen LogP) is 2.84. The van der Waals surface area contributed by atoms with Crippen molar-refractivity contribution in [1.29, 1.82) is 0 Å². The minimum Gasteiger partial charge on any atom is -0.383 e. The smallest absolute Gasteiger partial charge is 0.273 e. The molecule has 9 nitrogen and oxygen atoms in total. The van der Waals surface area contributed by atoms with E-state index < -0.39 is 33.4 Å². The van der Waals surface area contributed by atoms with Crippen LogP contribution in [0.5, 0.6) is 0 Å². The van der Waals surface area contributed by atoms with E-state index in [-0.39, 0.29) is 29.4 Å². The molecule has 34 heavy (non-hydrogen) atoms. The van der Waals surface area contributed by atoms with Gasteiger partial charge in [0.2, 0.25) is 0 Å². The number of nitrogens with zero attached hydrogens (tertiary/aromatic N) is 3. The Bertz CT molecular complexity index is 1130. The van der Waals surface area contributed by atoms with E-state index in [9.17, 15) is 28.8 Å². The van der Waals surface area contributed by atoms with Crippen molar-refractivity contribution in [1.82, 2.24) is 10.3 Å². The van der Waals surface area contributed by atoms with Crippen molar-refractivity contribution in [2.24, 2.45) is 10.8 Å². The molecule has 0 spiro atoms. The average Bonchev–Trinajstić information content (AvgIpc) is 3.18. The van der Waals surface area contributed by atoms with Crippen LogP contribution in [-0.2, 0) is 9.67 Å². The second-order valence-electron chi connectivity index (χ2n) is 7.51. The Balaban J connectivity index is 1.99. The fourth-order valence-electron chi connectivity index (χ4n) is 3.47. The first-order valence-corrected chi connectivity index (χ1v) is 11.1. The molecule has 1 aliphatic heterocycles. The Kier molecular flexibility index (Phi) is 7.84. The largest absolute Gasteiger partial charge is 0.383 e. The van der Waals surface area contributed by atoms with Crippen LogP contribution in [-0.4, -0.2) is 38.6 Å². The fourth-order valence-corrected chi connectivity index (χ4v) is 4.90. The van der Waals surface area contributed by atoms with E-state index in [4.69, 9.17) is 5.73 Å². The summed E-state index contributed by atoms with van der Waals surface area (Å²) in [7, 11) is 0. The van der Waals surface area contributed by atoms with Crippen molar-refractivity contribution in [3.8, 4) is 0 Å². The van der Waals surface area contributed by atoms with Gasteiger partial charge in [-0.05, 0) is 43.5 Å². The molecular formula is C22H23F2N5O4S. The van der Waals surface area contributed by atoms with E-state index in [0.29, 0.717) is 18.2 Å². The van der Waals surface area contributed by atoms with Gasteiger partial charge in [0.1, 0.15) is 27.7 Å². The van der Waals surface area contributed by atoms with Gasteiger partial charge in [-0.15, -0.1) is 0 Å². The molecule has 4 N–H and O–H groups in total. The monoisotopic (exact) mass is 491 g/mol. The quantitative estimate of drug-likeness (QED) is 0.279. The summed E-state index contributed by atoms with van der Waals surface area (Å²) in [5, 5.41) is 28.8. The van der Waals surface area contributed by atoms with Crippen LogP contribution in [0.1, 0.15) is 30.9 Å². The fraction of sp³-hybridized carbons (Fsp3) is 0.273. The van der Waals surface area contributed by atoms with Crippen LogP contribution in [0.4, 0.5) is 8.78 Å². The van der Waals surface area contributed by atoms with Crippen LogP contribution in [0.15, 0.2) is 65.7 Å². The van der Waals surface area contributed by atoms with Crippen molar-refractivity contribution < 1.29 is 23.6 Å². The normalized spacial score (nSPS) is 19.0. The molecule has 0 radical (unpaired) electrons. The summed E-state index contributed by atoms with van der Waals surface area (Å²) in [4.78, 5) is 21.7. The first-order chi connectivity index (χ1) is 16.1. The minimum atomic E-state index is -1.40. The molecule has 1 aliphatic rings. The first-order valence-electron chi connectivity index (χ1n) is 10.3. The van der Waals surface area contributed by atoms with Crippen LogP contribution >= 0.6 is 11.8 Å². The number of rotatable bonds is 9. The molecule has 1 amide bonds. The second-order valence-corrected chi connectivity index (χ2v) is 8.77. The Morgan fingerprint density at radius 2 is 2.06 bits per heavy atom. The molecule has 2 atom stereocenters. The summed E-state index contributed by atoms with van der Waals surface area (Å²) in [6.07, 6.45) is -0.148. The summed E-state index contributed by atoms with van der Waals surface area (Å²) >= 11 is 1.07. The number of nitrogens with one attached hydrogen (secondary N) is 1. The highest BCUT2D eigenvalue weighted by molar-refractivity contribution is 8.15. The van der Waals surface area contributed by atoms with Gasteiger partial charge >= 0.3 is 0 Å². The molecule has 0 saturated heterocycles. The van der Waals surface area contributed by atoms with E-state index >= 15 is 0 Å². The summed E-state index contributed by atoms with van der Waals surface area (Å²) in [5.74, 6) is -2.22. The van der Waals surface area contributed by atoms with Crippen molar-refractivity contribution in [3.63, 3.8) is 0 Å². The standard InChI is InChI=1S/C22H23F2N5O4S/c1-14(30)21(31)29-22(15-6-3-2-4-7-15,10-5-11-26-19(25)13-28(32)33)34-20(27-29)17-12-16(23)8-9-18(17)24/h2-4,6-9,12-14,26,30H,5,10-11,25H2,1H3/b19-13-/t14-,22?/m0/s1. The number of nitrogens with two attached hydrogens (primary N) is 1. The van der Waals surface area contributed by atoms with Crippen molar-refractivity contribution in [2.45, 2.75) is 30.7 Å². The number of carbonyl (C=O) groups is 1. The molecule has 2 aromatic carbocycles. The summed E-state index contributed by atoms with van der Waals surface area (Å²) in [6.45, 7) is 1.52. The SMILES string of the molecule is C[C@H](O)C(=O)N1N=C(c2cc(F)ccc2F)SC1(CCCN/C(N)=C\[N+](=O)[O-])c1ccccc1. The lowest BCUT2D eigenvalue weighted by Gasteiger charge is -2.36. The number of hydrogen-bond acceptors (Lipinski definition) is 8. The van der Waals surface area contributed by atoms with Crippen LogP contribution in [0.3, 0.4) is 0 Å². The summed E-state index contributed by atoms with van der Waals surface area (Å²) in [6, 6.07) is 11.8. The van der Waals surface area contributed by atoms with E-state index in [1.165, 1.54) is 6.92 Å². The maximum Gasteiger partial charge on any atom is 0.273 e. The maximum atomic E-state index is 14.6. The van der Waals surface area contributed by atoms with Gasteiger partial charge in [-0.25, -0.2) is 13.8 Å². The zero-order valence-corrected chi connectivity index (χ0v) is 19.0. The molecular weight excluding hydrogens is 468 g/mol. The van der Waals surface area contributed by atoms with Gasteiger partial charge in [0.25, 0.3) is 12.1 Å². The molecule has 0 aromatic heterocycles. The van der Waals surface area contributed by atoms with Gasteiger partial charge in [-0.1, -0.05) is 42.1 Å². The van der Waals surface area contributed by atoms with E-state index in [1.807, 2.05) is 0 Å². The van der Waals surface area contributed by atoms with Crippen molar-refractivity contribution in [2.75, 3.05) is 6.54 Å². The molecule has 1 unspecified atom stereocenters. The molecule has 2 aromatic rings. The van der Waals surface area contributed by atoms with E-state index in [1.54, 1.807) is 30.3 Å². The molecule has 180 valence electrons. The zero-order chi connectivity index (χ0) is 24.9. The summed E-state index contributed by atoms with van der Waals surface area (Å²) in [5.41, 5.74) is 6.11. The minimum absolute atomic E-state index is 0.0792. The number of aliphatic hydroxyl groups excluding tert-OH is 1. The Morgan fingerprint density at radius 1 is 1.35 bits per heavy atom. The first kappa shape index (κ1) is 25.1. The van der Waals surface area contributed by atoms with Crippen molar-refractivity contribution >= 4 is 22.7 Å². The van der Waals surface area contributed by atoms with E-state index in [2.05, 4.69) is 10.4 Å². The molecule has 0 saturated carbocycles. The number of carbonyl (C=O) groups excluding carboxylic acids is 1. The third kappa shape index (κ3) is 5.51. The highest BCUT2D eigenvalue weighted by Gasteiger charge is 2.49. The maximum absolute atomic E-state index is 14.6. The van der Waals surface area contributed by atoms with Crippen LogP contribution < -0.4 is 11.1 Å². The molecule has 3 rings (SSSR count). The van der Waals surface area contributed by atoms with Gasteiger partial charge in [0.15, 0.2) is 5.82 Å². The average molecular weight is 492 g/mol. The molecule has 0 aliphatic carbocycles. The Labute approximate surface area is 198 Å². The van der Waals surface area contributed by atoms with E-state index in [0.717, 1.165) is 35.0 Å². The number of thioether (sulfide) groups is 1. The van der Waals surface area contributed by atoms with Gasteiger partial charge in [0.05, 0.1) is 4.92 Å². The molecule has 0 fully saturated rings. The second kappa shape index (κ2) is 10.6. The predicted molar refractivity (Wildman–Crippen MR) is 124 cm³/mol. The topological polar surface area (TPSA) is 134 Å². The highest BCUT2D eigenvalue weighted by Crippen LogP contribution is 2.50. The lowest BCUT2D eigenvalue weighted by atomic mass is 9.99. The van der Waals surface area contributed by atoms with Gasteiger partial charge in [0, 0.05) is 12.1 Å². The van der Waals surface area contributed by atoms with Crippen LogP contribution in [0, 0.1) is 21.7 Å². The number of hydrazone groups is 1. The highest BCUT2D eigenvalue weighted by atomic mass is 32.2. The number of aliphatic hydroxyl groups is 1. The van der Waals surface area contributed by atoms with Crippen LogP contribution in [0.2, 0.25) is 0 Å². The Hall–Kier alpha value is -3.51. The van der Waals surface area contributed by atoms with Gasteiger partial charge in [-0.2, -0.15) is 5.10 Å². The molecule has 12 heteroatoms. The number of halogens is 2. The van der Waals surface area contributed by atoms with Gasteiger partial charge < -0.3 is 16.2 Å². The lowest BCUT2D eigenvalue weighted by molar-refractivity contribution is -0.403. The lowest BCUT2D eigenvalue weighted by Crippen LogP contribution is -2.45. The Morgan fingerprint density at radius 3 is 2.71 bits per heavy atom. The third-order valence-electron chi connectivity index (χ3n) is 5.01. The number of benzene rings is 2. The molecule has 1 heterocycles. The van der Waals surface area contributed by atoms with Crippen molar-refractivity contribution in [3.05, 3.63) is 93.4 Å². The third-order valence-corrected chi connectivity index (χ3v) is 6.46. The number of nitro groups is 1. The summed E-state index contributed by atoms with van der Waals surface area (Å²) < 4.78 is 28.5. The number of hydrogen-bond donors (Lipinski definition) is 3.